The van der Waals surface area contributed by atoms with Gasteiger partial charge in [-0.2, -0.15) is 4.98 Å². The van der Waals surface area contributed by atoms with Crippen molar-refractivity contribution in [1.82, 2.24) is 20.2 Å². The Morgan fingerprint density at radius 3 is 2.86 bits per heavy atom. The van der Waals surface area contributed by atoms with Crippen LogP contribution in [0.25, 0.3) is 0 Å². The largest absolute Gasteiger partial charge is 0.340 e. The lowest BCUT2D eigenvalue weighted by atomic mass is 10.2. The van der Waals surface area contributed by atoms with E-state index in [1.165, 1.54) is 6.33 Å². The third kappa shape index (κ3) is 4.24. The second-order valence-electron chi connectivity index (χ2n) is 4.28. The van der Waals surface area contributed by atoms with Gasteiger partial charge in [-0.25, -0.2) is 13.1 Å². The van der Waals surface area contributed by atoms with E-state index in [9.17, 15) is 8.42 Å². The average Bonchev–Trinajstić information content (AvgIpc) is 2.94. The van der Waals surface area contributed by atoms with Crippen LogP contribution in [0.15, 0.2) is 33.9 Å². The van der Waals surface area contributed by atoms with Crippen molar-refractivity contribution in [2.45, 2.75) is 17.9 Å². The van der Waals surface area contributed by atoms with E-state index in [1.54, 1.807) is 25.2 Å². The Morgan fingerprint density at radius 1 is 1.38 bits per heavy atom. The third-order valence-corrected chi connectivity index (χ3v) is 4.65. The Balaban J connectivity index is 2.09. The molecular formula is C12H15ClN4O3S. The molecule has 0 aliphatic carbocycles. The molecule has 0 atom stereocenters. The van der Waals surface area contributed by atoms with Crippen LogP contribution in [-0.4, -0.2) is 32.2 Å². The lowest BCUT2D eigenvalue weighted by Gasteiger charge is -2.09. The van der Waals surface area contributed by atoms with Gasteiger partial charge in [-0.3, -0.25) is 0 Å². The van der Waals surface area contributed by atoms with Gasteiger partial charge in [0, 0.05) is 19.5 Å². The zero-order valence-electron chi connectivity index (χ0n) is 11.3. The van der Waals surface area contributed by atoms with Gasteiger partial charge >= 0.3 is 0 Å². The van der Waals surface area contributed by atoms with E-state index in [1.807, 2.05) is 0 Å². The van der Waals surface area contributed by atoms with Gasteiger partial charge < -0.3 is 9.84 Å². The van der Waals surface area contributed by atoms with E-state index in [0.29, 0.717) is 18.9 Å². The molecule has 0 spiro atoms. The van der Waals surface area contributed by atoms with Crippen LogP contribution < -0.4 is 10.0 Å². The monoisotopic (exact) mass is 330 g/mol. The van der Waals surface area contributed by atoms with Gasteiger partial charge in [0.1, 0.15) is 4.90 Å². The molecule has 0 fully saturated rings. The number of hydrogen-bond acceptors (Lipinski definition) is 6. The number of rotatable bonds is 7. The molecule has 114 valence electrons. The third-order valence-electron chi connectivity index (χ3n) is 2.70. The fourth-order valence-corrected chi connectivity index (χ4v) is 3.32. The topological polar surface area (TPSA) is 97.1 Å². The number of nitrogens with zero attached hydrogens (tertiary/aromatic N) is 2. The van der Waals surface area contributed by atoms with Gasteiger partial charge in [-0.05, 0) is 24.7 Å². The first-order chi connectivity index (χ1) is 10.0. The number of hydrogen-bond donors (Lipinski definition) is 2. The molecule has 2 aromatic rings. The summed E-state index contributed by atoms with van der Waals surface area (Å²) in [5, 5.41) is 6.59. The first kappa shape index (κ1) is 15.9. The smallest absolute Gasteiger partial charge is 0.242 e. The van der Waals surface area contributed by atoms with Crippen molar-refractivity contribution in [3.63, 3.8) is 0 Å². The molecule has 0 radical (unpaired) electrons. The minimum absolute atomic E-state index is 0.0578. The van der Waals surface area contributed by atoms with Crippen LogP contribution >= 0.6 is 11.6 Å². The Labute approximate surface area is 127 Å². The van der Waals surface area contributed by atoms with Crippen LogP contribution in [0.4, 0.5) is 0 Å². The Morgan fingerprint density at radius 2 is 2.19 bits per heavy atom. The van der Waals surface area contributed by atoms with E-state index < -0.39 is 10.0 Å². The second kappa shape index (κ2) is 6.99. The Hall–Kier alpha value is -1.48. The normalized spacial score (nSPS) is 11.7. The molecule has 9 heteroatoms. The summed E-state index contributed by atoms with van der Waals surface area (Å²) in [6.45, 7) is 0.707. The summed E-state index contributed by atoms with van der Waals surface area (Å²) in [5.41, 5.74) is 0.833. The first-order valence-corrected chi connectivity index (χ1v) is 8.07. The lowest BCUT2D eigenvalue weighted by Crippen LogP contribution is -2.26. The van der Waals surface area contributed by atoms with Gasteiger partial charge in [-0.1, -0.05) is 22.8 Å². The summed E-state index contributed by atoms with van der Waals surface area (Å²) in [5.74, 6) is 0.368. The van der Waals surface area contributed by atoms with Gasteiger partial charge in [0.25, 0.3) is 0 Å². The highest BCUT2D eigenvalue weighted by Crippen LogP contribution is 2.22. The van der Waals surface area contributed by atoms with Crippen molar-refractivity contribution < 1.29 is 12.9 Å². The molecule has 0 aliphatic heterocycles. The van der Waals surface area contributed by atoms with Crippen LogP contribution in [0.5, 0.6) is 0 Å². The van der Waals surface area contributed by atoms with Crippen LogP contribution in [0, 0.1) is 0 Å². The zero-order valence-corrected chi connectivity index (χ0v) is 12.9. The molecule has 0 saturated heterocycles. The van der Waals surface area contributed by atoms with Crippen LogP contribution in [-0.2, 0) is 23.0 Å². The van der Waals surface area contributed by atoms with E-state index in [4.69, 9.17) is 16.1 Å². The Bertz CT molecular complexity index is 689. The fourth-order valence-electron chi connectivity index (χ4n) is 1.74. The van der Waals surface area contributed by atoms with Gasteiger partial charge in [0.15, 0.2) is 6.33 Å². The standard InChI is InChI=1S/C12H15ClN4O3S/c1-14-7-9-2-3-10(13)11(6-9)21(18,19)17-5-4-12-15-8-16-20-12/h2-3,6,8,14,17H,4-5,7H2,1H3. The number of sulfonamides is 1. The van der Waals surface area contributed by atoms with Crippen molar-refractivity contribution in [1.29, 1.82) is 0 Å². The highest BCUT2D eigenvalue weighted by molar-refractivity contribution is 7.89. The highest BCUT2D eigenvalue weighted by atomic mass is 35.5. The molecular weight excluding hydrogens is 316 g/mol. The molecule has 0 bridgehead atoms. The van der Waals surface area contributed by atoms with Crippen LogP contribution in [0.2, 0.25) is 5.02 Å². The van der Waals surface area contributed by atoms with E-state index >= 15 is 0 Å². The van der Waals surface area contributed by atoms with Gasteiger partial charge in [0.05, 0.1) is 5.02 Å². The van der Waals surface area contributed by atoms with Gasteiger partial charge in [0.2, 0.25) is 15.9 Å². The zero-order chi connectivity index (χ0) is 15.3. The fraction of sp³-hybridized carbons (Fsp3) is 0.333. The van der Waals surface area contributed by atoms with E-state index in [-0.39, 0.29) is 16.5 Å². The van der Waals surface area contributed by atoms with Crippen molar-refractivity contribution in [3.05, 3.63) is 41.0 Å². The molecule has 0 amide bonds. The SMILES string of the molecule is CNCc1ccc(Cl)c(S(=O)(=O)NCCc2ncno2)c1. The van der Waals surface area contributed by atoms with Crippen molar-refractivity contribution in [3.8, 4) is 0 Å². The van der Waals surface area contributed by atoms with Crippen LogP contribution in [0.3, 0.4) is 0 Å². The minimum atomic E-state index is -3.68. The van der Waals surface area contributed by atoms with E-state index in [0.717, 1.165) is 5.56 Å². The molecule has 7 nitrogen and oxygen atoms in total. The molecule has 2 N–H and O–H groups in total. The Kier molecular flexibility index (Phi) is 5.29. The van der Waals surface area contributed by atoms with E-state index in [2.05, 4.69) is 20.2 Å². The van der Waals surface area contributed by atoms with Crippen molar-refractivity contribution in [2.24, 2.45) is 0 Å². The molecule has 1 aromatic carbocycles. The maximum Gasteiger partial charge on any atom is 0.242 e. The van der Waals surface area contributed by atoms with Crippen molar-refractivity contribution in [2.75, 3.05) is 13.6 Å². The highest BCUT2D eigenvalue weighted by Gasteiger charge is 2.18. The summed E-state index contributed by atoms with van der Waals surface area (Å²) in [6.07, 6.45) is 1.58. The summed E-state index contributed by atoms with van der Waals surface area (Å²) in [7, 11) is -1.90. The number of aromatic nitrogens is 2. The molecule has 0 saturated carbocycles. The van der Waals surface area contributed by atoms with Crippen molar-refractivity contribution >= 4 is 21.6 Å². The molecule has 1 aromatic heterocycles. The summed E-state index contributed by atoms with van der Waals surface area (Å²) < 4.78 is 31.8. The molecule has 1 heterocycles. The van der Waals surface area contributed by atoms with Crippen LogP contribution in [0.1, 0.15) is 11.5 Å². The maximum absolute atomic E-state index is 12.3. The number of benzene rings is 1. The molecule has 2 rings (SSSR count). The first-order valence-electron chi connectivity index (χ1n) is 6.21. The molecule has 0 unspecified atom stereocenters. The molecule has 0 aliphatic rings. The average molecular weight is 331 g/mol. The predicted octanol–water partition coefficient (Wildman–Crippen LogP) is 0.963. The summed E-state index contributed by atoms with van der Waals surface area (Å²) in [4.78, 5) is 3.88. The predicted molar refractivity (Wildman–Crippen MR) is 77.4 cm³/mol. The number of nitrogens with one attached hydrogen (secondary N) is 2. The summed E-state index contributed by atoms with van der Waals surface area (Å²) >= 11 is 5.98. The number of halogens is 1. The second-order valence-corrected chi connectivity index (χ2v) is 6.42. The summed E-state index contributed by atoms with van der Waals surface area (Å²) in [6, 6.07) is 4.89. The maximum atomic E-state index is 12.3. The molecule has 21 heavy (non-hydrogen) atoms. The van der Waals surface area contributed by atoms with Gasteiger partial charge in [-0.15, -0.1) is 0 Å². The lowest BCUT2D eigenvalue weighted by molar-refractivity contribution is 0.377. The minimum Gasteiger partial charge on any atom is -0.340 e. The quantitative estimate of drug-likeness (QED) is 0.785.